The molecule has 1 aromatic heterocycles. The van der Waals surface area contributed by atoms with Gasteiger partial charge in [0, 0.05) is 24.3 Å². The van der Waals surface area contributed by atoms with E-state index >= 15 is 0 Å². The van der Waals surface area contributed by atoms with Crippen molar-refractivity contribution < 1.29 is 14.6 Å². The lowest BCUT2D eigenvalue weighted by Crippen LogP contribution is -2.26. The highest BCUT2D eigenvalue weighted by atomic mass is 79.9. The van der Waals surface area contributed by atoms with Crippen molar-refractivity contribution >= 4 is 27.7 Å². The number of carboxylic acids is 1. The third kappa shape index (κ3) is 3.54. The van der Waals surface area contributed by atoms with Crippen molar-refractivity contribution in [2.45, 2.75) is 6.42 Å². The molecule has 0 aliphatic carbocycles. The molecule has 0 amide bonds. The maximum atomic E-state index is 11.2. The third-order valence-electron chi connectivity index (χ3n) is 2.85. The standard InChI is InChI=1S/C13H15BrN2O3/c1-16(7-9-3-2-4-19-8-9)12-11(13(17)18)5-10(14)6-15-12/h3,5-6H,2,4,7-8H2,1H3,(H,17,18). The van der Waals surface area contributed by atoms with Crippen molar-refractivity contribution in [2.24, 2.45) is 0 Å². The van der Waals surface area contributed by atoms with Crippen molar-refractivity contribution in [1.82, 2.24) is 4.98 Å². The lowest BCUT2D eigenvalue weighted by Gasteiger charge is -2.23. The molecule has 0 spiro atoms. The van der Waals surface area contributed by atoms with Gasteiger partial charge in [0.05, 0.1) is 13.2 Å². The normalized spacial score (nSPS) is 14.9. The summed E-state index contributed by atoms with van der Waals surface area (Å²) in [6.07, 6.45) is 4.64. The summed E-state index contributed by atoms with van der Waals surface area (Å²) in [6.45, 7) is 1.97. The van der Waals surface area contributed by atoms with Crippen molar-refractivity contribution in [2.75, 3.05) is 31.7 Å². The number of carboxylic acid groups (broad SMARTS) is 1. The molecule has 0 saturated heterocycles. The highest BCUT2D eigenvalue weighted by Crippen LogP contribution is 2.22. The van der Waals surface area contributed by atoms with Gasteiger partial charge in [-0.2, -0.15) is 0 Å². The molecule has 102 valence electrons. The topological polar surface area (TPSA) is 62.7 Å². The molecule has 1 aliphatic rings. The van der Waals surface area contributed by atoms with Crippen LogP contribution in [-0.4, -0.2) is 42.9 Å². The van der Waals surface area contributed by atoms with Gasteiger partial charge in [0.25, 0.3) is 0 Å². The number of halogens is 1. The van der Waals surface area contributed by atoms with Crippen LogP contribution in [0.2, 0.25) is 0 Å². The Bertz CT molecular complexity index is 517. The quantitative estimate of drug-likeness (QED) is 0.860. The van der Waals surface area contributed by atoms with E-state index in [9.17, 15) is 9.90 Å². The van der Waals surface area contributed by atoms with E-state index in [2.05, 4.69) is 27.0 Å². The number of hydrogen-bond acceptors (Lipinski definition) is 4. The molecule has 0 atom stereocenters. The molecule has 0 saturated carbocycles. The first-order valence-corrected chi connectivity index (χ1v) is 6.73. The summed E-state index contributed by atoms with van der Waals surface area (Å²) in [5.74, 6) is -0.522. The van der Waals surface area contributed by atoms with Gasteiger partial charge in [0.15, 0.2) is 0 Å². The summed E-state index contributed by atoms with van der Waals surface area (Å²) in [4.78, 5) is 17.3. The number of hydrogen-bond donors (Lipinski definition) is 1. The molecular formula is C13H15BrN2O3. The Labute approximate surface area is 120 Å². The maximum absolute atomic E-state index is 11.2. The van der Waals surface area contributed by atoms with Gasteiger partial charge in [0.1, 0.15) is 11.4 Å². The molecule has 0 radical (unpaired) electrons. The second kappa shape index (κ2) is 6.16. The molecule has 19 heavy (non-hydrogen) atoms. The van der Waals surface area contributed by atoms with Gasteiger partial charge in [-0.1, -0.05) is 6.08 Å². The van der Waals surface area contributed by atoms with Gasteiger partial charge < -0.3 is 14.7 Å². The lowest BCUT2D eigenvalue weighted by molar-refractivity contribution is 0.0697. The van der Waals surface area contributed by atoms with Crippen molar-refractivity contribution in [3.8, 4) is 0 Å². The zero-order valence-corrected chi connectivity index (χ0v) is 12.2. The Balaban J connectivity index is 2.20. The van der Waals surface area contributed by atoms with Crippen LogP contribution in [0.1, 0.15) is 16.8 Å². The Morgan fingerprint density at radius 2 is 2.42 bits per heavy atom. The number of nitrogens with zero attached hydrogens (tertiary/aromatic N) is 2. The summed E-state index contributed by atoms with van der Waals surface area (Å²) in [5.41, 5.74) is 1.34. The SMILES string of the molecule is CN(CC1=CCCOC1)c1ncc(Br)cc1C(=O)O. The Hall–Kier alpha value is -1.40. The van der Waals surface area contributed by atoms with Crippen LogP contribution in [0.4, 0.5) is 5.82 Å². The average molecular weight is 327 g/mol. The molecule has 2 rings (SSSR count). The van der Waals surface area contributed by atoms with E-state index < -0.39 is 5.97 Å². The van der Waals surface area contributed by atoms with E-state index in [1.54, 1.807) is 12.3 Å². The van der Waals surface area contributed by atoms with E-state index in [0.29, 0.717) is 23.4 Å². The minimum Gasteiger partial charge on any atom is -0.478 e. The van der Waals surface area contributed by atoms with Crippen LogP contribution in [0.3, 0.4) is 0 Å². The van der Waals surface area contributed by atoms with Gasteiger partial charge in [-0.3, -0.25) is 0 Å². The molecule has 1 N–H and O–H groups in total. The van der Waals surface area contributed by atoms with Crippen LogP contribution in [0.25, 0.3) is 0 Å². The first-order chi connectivity index (χ1) is 9.08. The summed E-state index contributed by atoms with van der Waals surface area (Å²) < 4.78 is 6.03. The van der Waals surface area contributed by atoms with E-state index in [-0.39, 0.29) is 5.56 Å². The van der Waals surface area contributed by atoms with Crippen LogP contribution >= 0.6 is 15.9 Å². The van der Waals surface area contributed by atoms with Crippen LogP contribution in [-0.2, 0) is 4.74 Å². The maximum Gasteiger partial charge on any atom is 0.339 e. The number of ether oxygens (including phenoxy) is 1. The number of aromatic nitrogens is 1. The number of aromatic carboxylic acids is 1. The van der Waals surface area contributed by atoms with Crippen molar-refractivity contribution in [3.05, 3.63) is 33.9 Å². The predicted octanol–water partition coefficient (Wildman–Crippen LogP) is 2.33. The van der Waals surface area contributed by atoms with Gasteiger partial charge in [0.2, 0.25) is 0 Å². The van der Waals surface area contributed by atoms with Crippen LogP contribution < -0.4 is 4.90 Å². The molecule has 0 unspecified atom stereocenters. The van der Waals surface area contributed by atoms with E-state index in [1.807, 2.05) is 11.9 Å². The molecule has 2 heterocycles. The Morgan fingerprint density at radius 1 is 1.63 bits per heavy atom. The highest BCUT2D eigenvalue weighted by Gasteiger charge is 2.17. The van der Waals surface area contributed by atoms with Crippen LogP contribution in [0.5, 0.6) is 0 Å². The second-order valence-corrected chi connectivity index (χ2v) is 5.31. The monoisotopic (exact) mass is 326 g/mol. The third-order valence-corrected chi connectivity index (χ3v) is 3.28. The molecule has 5 nitrogen and oxygen atoms in total. The highest BCUT2D eigenvalue weighted by molar-refractivity contribution is 9.10. The van der Waals surface area contributed by atoms with Crippen molar-refractivity contribution in [1.29, 1.82) is 0 Å². The van der Waals surface area contributed by atoms with E-state index in [0.717, 1.165) is 18.6 Å². The number of likely N-dealkylation sites (N-methyl/N-ethyl adjacent to an activating group) is 1. The largest absolute Gasteiger partial charge is 0.478 e. The lowest BCUT2D eigenvalue weighted by atomic mass is 10.1. The Morgan fingerprint density at radius 3 is 3.05 bits per heavy atom. The fourth-order valence-electron chi connectivity index (χ4n) is 1.99. The smallest absolute Gasteiger partial charge is 0.339 e. The Kier molecular flexibility index (Phi) is 4.55. The minimum absolute atomic E-state index is 0.189. The molecule has 6 heteroatoms. The number of pyridine rings is 1. The number of rotatable bonds is 4. The van der Waals surface area contributed by atoms with E-state index in [4.69, 9.17) is 4.74 Å². The zero-order chi connectivity index (χ0) is 13.8. The minimum atomic E-state index is -0.982. The first-order valence-electron chi connectivity index (χ1n) is 5.93. The fourth-order valence-corrected chi connectivity index (χ4v) is 2.32. The summed E-state index contributed by atoms with van der Waals surface area (Å²) in [7, 11) is 1.83. The number of carbonyl (C=O) groups is 1. The first kappa shape index (κ1) is 14.0. The summed E-state index contributed by atoms with van der Waals surface area (Å²) in [5, 5.41) is 9.22. The molecular weight excluding hydrogens is 312 g/mol. The molecule has 0 bridgehead atoms. The predicted molar refractivity (Wildman–Crippen MR) is 75.7 cm³/mol. The second-order valence-electron chi connectivity index (χ2n) is 4.39. The van der Waals surface area contributed by atoms with Gasteiger partial charge >= 0.3 is 5.97 Å². The molecule has 1 aromatic rings. The average Bonchev–Trinajstić information content (AvgIpc) is 2.39. The van der Waals surface area contributed by atoms with Crippen LogP contribution in [0, 0.1) is 0 Å². The van der Waals surface area contributed by atoms with Crippen molar-refractivity contribution in [3.63, 3.8) is 0 Å². The van der Waals surface area contributed by atoms with Crippen LogP contribution in [0.15, 0.2) is 28.4 Å². The zero-order valence-electron chi connectivity index (χ0n) is 10.6. The van der Waals surface area contributed by atoms with Gasteiger partial charge in [-0.05, 0) is 34.0 Å². The van der Waals surface area contributed by atoms with Gasteiger partial charge in [-0.15, -0.1) is 0 Å². The summed E-state index contributed by atoms with van der Waals surface area (Å²) >= 11 is 3.24. The fraction of sp³-hybridized carbons (Fsp3) is 0.385. The van der Waals surface area contributed by atoms with E-state index in [1.165, 1.54) is 0 Å². The number of anilines is 1. The molecule has 0 fully saturated rings. The summed E-state index contributed by atoms with van der Waals surface area (Å²) in [6, 6.07) is 1.56. The molecule has 1 aliphatic heterocycles. The molecule has 0 aromatic carbocycles. The van der Waals surface area contributed by atoms with Gasteiger partial charge in [-0.25, -0.2) is 9.78 Å².